The SMILES string of the molecule is C=C(CC(C)C)C(=S)N1CCCCC1CC(=O)O.CC. The van der Waals surface area contributed by atoms with Gasteiger partial charge in [-0.15, -0.1) is 0 Å². The largest absolute Gasteiger partial charge is 0.481 e. The highest BCUT2D eigenvalue weighted by Gasteiger charge is 2.27. The van der Waals surface area contributed by atoms with E-state index in [2.05, 4.69) is 25.3 Å². The number of likely N-dealkylation sites (tertiary alicyclic amines) is 1. The summed E-state index contributed by atoms with van der Waals surface area (Å²) in [5.74, 6) is -0.220. The molecule has 0 aromatic rings. The fourth-order valence-corrected chi connectivity index (χ4v) is 2.79. The van der Waals surface area contributed by atoms with Crippen LogP contribution in [-0.4, -0.2) is 33.6 Å². The van der Waals surface area contributed by atoms with E-state index in [-0.39, 0.29) is 12.5 Å². The van der Waals surface area contributed by atoms with Crippen molar-refractivity contribution in [2.75, 3.05) is 6.54 Å². The van der Waals surface area contributed by atoms with Crippen molar-refractivity contribution in [3.8, 4) is 0 Å². The van der Waals surface area contributed by atoms with Gasteiger partial charge in [0, 0.05) is 12.6 Å². The van der Waals surface area contributed by atoms with E-state index in [4.69, 9.17) is 17.3 Å². The lowest BCUT2D eigenvalue weighted by Gasteiger charge is -2.37. The lowest BCUT2D eigenvalue weighted by molar-refractivity contribution is -0.138. The summed E-state index contributed by atoms with van der Waals surface area (Å²) in [5, 5.41) is 8.96. The third-order valence-corrected chi connectivity index (χ3v) is 3.78. The molecule has 116 valence electrons. The summed E-state index contributed by atoms with van der Waals surface area (Å²) in [6.45, 7) is 13.2. The Morgan fingerprint density at radius 1 is 1.40 bits per heavy atom. The highest BCUT2D eigenvalue weighted by molar-refractivity contribution is 7.80. The molecule has 0 spiro atoms. The topological polar surface area (TPSA) is 40.5 Å². The molecule has 1 aliphatic rings. The first-order chi connectivity index (χ1) is 9.41. The van der Waals surface area contributed by atoms with Crippen LogP contribution in [0.1, 0.15) is 59.8 Å². The number of carboxylic acids is 1. The van der Waals surface area contributed by atoms with E-state index < -0.39 is 5.97 Å². The smallest absolute Gasteiger partial charge is 0.305 e. The van der Waals surface area contributed by atoms with Gasteiger partial charge in [-0.3, -0.25) is 4.79 Å². The number of thiocarbonyl (C=S) groups is 1. The second-order valence-corrected chi connectivity index (χ2v) is 5.83. The Morgan fingerprint density at radius 3 is 2.50 bits per heavy atom. The second kappa shape index (κ2) is 9.92. The average Bonchev–Trinajstić information content (AvgIpc) is 2.39. The first kappa shape index (κ1) is 19.1. The fourth-order valence-electron chi connectivity index (χ4n) is 2.46. The normalized spacial score (nSPS) is 18.2. The Balaban J connectivity index is 0.00000172. The molecule has 1 N–H and O–H groups in total. The number of carbonyl (C=O) groups is 1. The molecule has 0 aromatic carbocycles. The van der Waals surface area contributed by atoms with Crippen LogP contribution in [0.2, 0.25) is 0 Å². The summed E-state index contributed by atoms with van der Waals surface area (Å²) < 4.78 is 0. The van der Waals surface area contributed by atoms with Gasteiger partial charge in [0.25, 0.3) is 0 Å². The lowest BCUT2D eigenvalue weighted by Crippen LogP contribution is -2.44. The van der Waals surface area contributed by atoms with Crippen molar-refractivity contribution in [1.82, 2.24) is 4.90 Å². The molecule has 1 heterocycles. The van der Waals surface area contributed by atoms with Gasteiger partial charge < -0.3 is 10.0 Å². The molecule has 3 nitrogen and oxygen atoms in total. The fraction of sp³-hybridized carbons (Fsp3) is 0.750. The quantitative estimate of drug-likeness (QED) is 0.608. The lowest BCUT2D eigenvalue weighted by atomic mass is 9.97. The van der Waals surface area contributed by atoms with Crippen LogP contribution in [0.3, 0.4) is 0 Å². The average molecular weight is 299 g/mol. The molecular formula is C16H29NO2S. The van der Waals surface area contributed by atoms with Crippen molar-refractivity contribution in [2.24, 2.45) is 5.92 Å². The van der Waals surface area contributed by atoms with Crippen LogP contribution in [-0.2, 0) is 4.79 Å². The molecule has 0 saturated carbocycles. The molecule has 20 heavy (non-hydrogen) atoms. The number of aliphatic carboxylic acids is 1. The number of hydrogen-bond donors (Lipinski definition) is 1. The monoisotopic (exact) mass is 299 g/mol. The Bertz CT molecular complexity index is 339. The number of rotatable bonds is 5. The number of nitrogens with zero attached hydrogens (tertiary/aromatic N) is 1. The molecule has 1 rings (SSSR count). The number of piperidine rings is 1. The molecule has 4 heteroatoms. The third-order valence-electron chi connectivity index (χ3n) is 3.26. The molecule has 0 bridgehead atoms. The van der Waals surface area contributed by atoms with Crippen molar-refractivity contribution >= 4 is 23.2 Å². The maximum Gasteiger partial charge on any atom is 0.305 e. The van der Waals surface area contributed by atoms with E-state index in [0.29, 0.717) is 5.92 Å². The Kier molecular flexibility index (Phi) is 9.47. The zero-order valence-corrected chi connectivity index (χ0v) is 14.1. The van der Waals surface area contributed by atoms with Crippen LogP contribution >= 0.6 is 12.2 Å². The molecule has 0 aromatic heterocycles. The van der Waals surface area contributed by atoms with Gasteiger partial charge in [0.15, 0.2) is 0 Å². The van der Waals surface area contributed by atoms with E-state index in [9.17, 15) is 4.79 Å². The molecule has 1 atom stereocenters. The maximum absolute atomic E-state index is 10.9. The van der Waals surface area contributed by atoms with Crippen LogP contribution in [0.25, 0.3) is 0 Å². The van der Waals surface area contributed by atoms with Gasteiger partial charge in [-0.2, -0.15) is 0 Å². The van der Waals surface area contributed by atoms with Gasteiger partial charge in [0.05, 0.1) is 6.42 Å². The Labute approximate surface area is 129 Å². The molecule has 0 aliphatic carbocycles. The molecular weight excluding hydrogens is 270 g/mol. The van der Waals surface area contributed by atoms with E-state index in [1.54, 1.807) is 0 Å². The minimum absolute atomic E-state index is 0.0488. The van der Waals surface area contributed by atoms with Gasteiger partial charge >= 0.3 is 5.97 Å². The van der Waals surface area contributed by atoms with Gasteiger partial charge in [0.2, 0.25) is 0 Å². The third kappa shape index (κ3) is 6.51. The van der Waals surface area contributed by atoms with Crippen molar-refractivity contribution in [2.45, 2.75) is 65.8 Å². The first-order valence-electron chi connectivity index (χ1n) is 7.62. The summed E-state index contributed by atoms with van der Waals surface area (Å²) >= 11 is 5.48. The molecule has 1 unspecified atom stereocenters. The van der Waals surface area contributed by atoms with Crippen LogP contribution in [0.15, 0.2) is 12.2 Å². The molecule has 1 saturated heterocycles. The van der Waals surface area contributed by atoms with Crippen LogP contribution < -0.4 is 0 Å². The summed E-state index contributed by atoms with van der Waals surface area (Å²) in [7, 11) is 0. The molecule has 1 fully saturated rings. The van der Waals surface area contributed by atoms with Gasteiger partial charge in [-0.1, -0.05) is 46.5 Å². The summed E-state index contributed by atoms with van der Waals surface area (Å²) in [6, 6.07) is 0.0488. The molecule has 1 aliphatic heterocycles. The number of hydrogen-bond acceptors (Lipinski definition) is 2. The Morgan fingerprint density at radius 2 is 2.00 bits per heavy atom. The highest BCUT2D eigenvalue weighted by Crippen LogP contribution is 2.24. The van der Waals surface area contributed by atoms with E-state index in [0.717, 1.165) is 42.8 Å². The molecule has 0 radical (unpaired) electrons. The van der Waals surface area contributed by atoms with Crippen molar-refractivity contribution in [3.63, 3.8) is 0 Å². The minimum atomic E-state index is -0.746. The van der Waals surface area contributed by atoms with Crippen molar-refractivity contribution in [3.05, 3.63) is 12.2 Å². The van der Waals surface area contributed by atoms with E-state index in [1.807, 2.05) is 13.8 Å². The van der Waals surface area contributed by atoms with Crippen LogP contribution in [0.4, 0.5) is 0 Å². The van der Waals surface area contributed by atoms with E-state index >= 15 is 0 Å². The van der Waals surface area contributed by atoms with E-state index in [1.165, 1.54) is 0 Å². The molecule has 0 amide bonds. The summed E-state index contributed by atoms with van der Waals surface area (Å²) in [6.07, 6.45) is 4.16. The van der Waals surface area contributed by atoms with Crippen LogP contribution in [0.5, 0.6) is 0 Å². The zero-order chi connectivity index (χ0) is 15.7. The second-order valence-electron chi connectivity index (χ2n) is 5.45. The predicted octanol–water partition coefficient (Wildman–Crippen LogP) is 4.27. The summed E-state index contributed by atoms with van der Waals surface area (Å²) in [4.78, 5) is 13.7. The van der Waals surface area contributed by atoms with Crippen molar-refractivity contribution in [1.29, 1.82) is 0 Å². The standard InChI is InChI=1S/C14H23NO2S.C2H6/c1-10(2)8-11(3)14(18)15-7-5-4-6-12(15)9-13(16)17;1-2/h10,12H,3-9H2,1-2H3,(H,16,17);1-2H3. The van der Waals surface area contributed by atoms with Gasteiger partial charge in [-0.05, 0) is 37.2 Å². The van der Waals surface area contributed by atoms with Gasteiger partial charge in [-0.25, -0.2) is 0 Å². The predicted molar refractivity (Wildman–Crippen MR) is 89.1 cm³/mol. The van der Waals surface area contributed by atoms with Crippen LogP contribution in [0, 0.1) is 5.92 Å². The van der Waals surface area contributed by atoms with Crippen molar-refractivity contribution < 1.29 is 9.90 Å². The zero-order valence-electron chi connectivity index (χ0n) is 13.3. The Hall–Kier alpha value is -0.900. The maximum atomic E-state index is 10.9. The highest BCUT2D eigenvalue weighted by atomic mass is 32.1. The number of carboxylic acid groups (broad SMARTS) is 1. The summed E-state index contributed by atoms with van der Waals surface area (Å²) in [5.41, 5.74) is 0.970. The minimum Gasteiger partial charge on any atom is -0.481 e. The van der Waals surface area contributed by atoms with Gasteiger partial charge in [0.1, 0.15) is 4.99 Å². The first-order valence-corrected chi connectivity index (χ1v) is 8.03.